The van der Waals surface area contributed by atoms with Gasteiger partial charge in [0, 0.05) is 18.9 Å². The molecule has 0 saturated carbocycles. The van der Waals surface area contributed by atoms with Crippen molar-refractivity contribution in [3.05, 3.63) is 114 Å². The van der Waals surface area contributed by atoms with Crippen LogP contribution in [0.25, 0.3) is 5.82 Å². The van der Waals surface area contributed by atoms with Crippen molar-refractivity contribution in [3.63, 3.8) is 0 Å². The fourth-order valence-electron chi connectivity index (χ4n) is 4.17. The van der Waals surface area contributed by atoms with Gasteiger partial charge in [0.1, 0.15) is 5.69 Å². The van der Waals surface area contributed by atoms with Gasteiger partial charge in [0.05, 0.1) is 6.04 Å². The lowest BCUT2D eigenvalue weighted by molar-refractivity contribution is 0.0654. The summed E-state index contributed by atoms with van der Waals surface area (Å²) in [5, 5.41) is 4.23. The lowest BCUT2D eigenvalue weighted by Gasteiger charge is -2.37. The van der Waals surface area contributed by atoms with Gasteiger partial charge >= 0.3 is 0 Å². The Labute approximate surface area is 175 Å². The standard InChI is InChI=1S/C25H22N4O/c30-25(22-12-6-13-24(27-22)29-16-7-15-26-29)28-17-14-20-10-4-5-11-21(20)23(28)18-19-8-2-1-3-9-19/h1-13,15-16,23H,14,17-18H2/t23-/m0/s1. The third-order valence-electron chi connectivity index (χ3n) is 5.64. The predicted octanol–water partition coefficient (Wildman–Crippen LogP) is 4.25. The predicted molar refractivity (Wildman–Crippen MR) is 115 cm³/mol. The molecule has 30 heavy (non-hydrogen) atoms. The molecule has 0 unspecified atom stereocenters. The summed E-state index contributed by atoms with van der Waals surface area (Å²) in [5.41, 5.74) is 4.21. The monoisotopic (exact) mass is 394 g/mol. The summed E-state index contributed by atoms with van der Waals surface area (Å²) >= 11 is 0. The molecule has 1 amide bonds. The minimum absolute atomic E-state index is 0.0139. The van der Waals surface area contributed by atoms with Crippen LogP contribution in [0, 0.1) is 0 Å². The Bertz CT molecular complexity index is 1150. The van der Waals surface area contributed by atoms with Crippen LogP contribution < -0.4 is 0 Å². The summed E-state index contributed by atoms with van der Waals surface area (Å²) in [5.74, 6) is 0.599. The topological polar surface area (TPSA) is 51.0 Å². The van der Waals surface area contributed by atoms with Crippen molar-refractivity contribution in [1.82, 2.24) is 19.7 Å². The van der Waals surface area contributed by atoms with Crippen LogP contribution in [-0.4, -0.2) is 32.1 Å². The van der Waals surface area contributed by atoms with E-state index in [4.69, 9.17) is 0 Å². The van der Waals surface area contributed by atoms with Gasteiger partial charge in [-0.1, -0.05) is 60.7 Å². The van der Waals surface area contributed by atoms with Gasteiger partial charge in [-0.25, -0.2) is 9.67 Å². The molecule has 5 heteroatoms. The minimum Gasteiger partial charge on any atom is -0.330 e. The summed E-state index contributed by atoms with van der Waals surface area (Å²) in [6.45, 7) is 0.682. The summed E-state index contributed by atoms with van der Waals surface area (Å²) in [6, 6.07) is 26.1. The first-order chi connectivity index (χ1) is 14.8. The van der Waals surface area contributed by atoms with E-state index >= 15 is 0 Å². The zero-order valence-corrected chi connectivity index (χ0v) is 16.6. The Balaban J connectivity index is 1.50. The summed E-state index contributed by atoms with van der Waals surface area (Å²) < 4.78 is 1.67. The highest BCUT2D eigenvalue weighted by Gasteiger charge is 2.32. The molecule has 3 heterocycles. The maximum absolute atomic E-state index is 13.6. The zero-order valence-electron chi connectivity index (χ0n) is 16.6. The largest absolute Gasteiger partial charge is 0.330 e. The molecule has 0 N–H and O–H groups in total. The van der Waals surface area contributed by atoms with Crippen LogP contribution in [0.4, 0.5) is 0 Å². The molecule has 0 radical (unpaired) electrons. The molecule has 0 saturated heterocycles. The molecule has 0 spiro atoms. The van der Waals surface area contributed by atoms with E-state index in [9.17, 15) is 4.79 Å². The molecule has 1 atom stereocenters. The molecule has 5 rings (SSSR count). The minimum atomic E-state index is -0.0422. The quantitative estimate of drug-likeness (QED) is 0.520. The van der Waals surface area contributed by atoms with Crippen LogP contribution in [-0.2, 0) is 12.8 Å². The van der Waals surface area contributed by atoms with Crippen molar-refractivity contribution in [1.29, 1.82) is 0 Å². The molecule has 1 aliphatic rings. The normalized spacial score (nSPS) is 15.6. The first-order valence-electron chi connectivity index (χ1n) is 10.2. The van der Waals surface area contributed by atoms with Gasteiger partial charge in [-0.2, -0.15) is 5.10 Å². The van der Waals surface area contributed by atoms with Gasteiger partial charge in [0.2, 0.25) is 0 Å². The van der Waals surface area contributed by atoms with Gasteiger partial charge in [-0.05, 0) is 47.7 Å². The number of aromatic nitrogens is 3. The number of hydrogen-bond donors (Lipinski definition) is 0. The van der Waals surface area contributed by atoms with Crippen molar-refractivity contribution in [3.8, 4) is 5.82 Å². The van der Waals surface area contributed by atoms with E-state index < -0.39 is 0 Å². The van der Waals surface area contributed by atoms with Crippen LogP contribution in [0.3, 0.4) is 0 Å². The van der Waals surface area contributed by atoms with Crippen LogP contribution in [0.2, 0.25) is 0 Å². The van der Waals surface area contributed by atoms with Crippen LogP contribution in [0.1, 0.15) is 33.2 Å². The average Bonchev–Trinajstić information content (AvgIpc) is 3.35. The first-order valence-corrected chi connectivity index (χ1v) is 10.2. The number of carbonyl (C=O) groups excluding carboxylic acids is 1. The number of rotatable bonds is 4. The third-order valence-corrected chi connectivity index (χ3v) is 5.64. The molecular formula is C25H22N4O. The van der Waals surface area contributed by atoms with E-state index in [1.807, 2.05) is 47.5 Å². The van der Waals surface area contributed by atoms with Crippen LogP contribution in [0.5, 0.6) is 0 Å². The van der Waals surface area contributed by atoms with Gasteiger partial charge < -0.3 is 4.90 Å². The van der Waals surface area contributed by atoms with E-state index in [0.29, 0.717) is 18.1 Å². The van der Waals surface area contributed by atoms with Crippen molar-refractivity contribution in [2.75, 3.05) is 6.54 Å². The Morgan fingerprint density at radius 2 is 1.77 bits per heavy atom. The highest BCUT2D eigenvalue weighted by molar-refractivity contribution is 5.93. The number of benzene rings is 2. The summed E-state index contributed by atoms with van der Waals surface area (Å²) in [6.07, 6.45) is 5.16. The highest BCUT2D eigenvalue weighted by atomic mass is 16.2. The van der Waals surface area contributed by atoms with Gasteiger partial charge in [0.15, 0.2) is 5.82 Å². The van der Waals surface area contributed by atoms with Gasteiger partial charge in [-0.15, -0.1) is 0 Å². The van der Waals surface area contributed by atoms with Crippen molar-refractivity contribution < 1.29 is 4.79 Å². The molecule has 148 valence electrons. The highest BCUT2D eigenvalue weighted by Crippen LogP contribution is 2.33. The van der Waals surface area contributed by atoms with E-state index in [-0.39, 0.29) is 11.9 Å². The fraction of sp³-hybridized carbons (Fsp3) is 0.160. The van der Waals surface area contributed by atoms with Crippen LogP contribution >= 0.6 is 0 Å². The molecule has 4 aromatic rings. The molecule has 2 aromatic heterocycles. The fourth-order valence-corrected chi connectivity index (χ4v) is 4.17. The van der Waals surface area contributed by atoms with Crippen molar-refractivity contribution >= 4 is 5.91 Å². The zero-order chi connectivity index (χ0) is 20.3. The molecule has 0 fully saturated rings. The Kier molecular flexibility index (Phi) is 4.85. The smallest absolute Gasteiger partial charge is 0.273 e. The maximum Gasteiger partial charge on any atom is 0.273 e. The van der Waals surface area contributed by atoms with E-state index in [1.54, 1.807) is 16.9 Å². The van der Waals surface area contributed by atoms with Crippen molar-refractivity contribution in [2.24, 2.45) is 0 Å². The Morgan fingerprint density at radius 3 is 2.60 bits per heavy atom. The Hall–Kier alpha value is -3.73. The lowest BCUT2D eigenvalue weighted by Crippen LogP contribution is -2.41. The summed E-state index contributed by atoms with van der Waals surface area (Å²) in [7, 11) is 0. The molecule has 2 aromatic carbocycles. The SMILES string of the molecule is O=C(c1cccc(-n2cccn2)n1)N1CCc2ccccc2[C@@H]1Cc1ccccc1. The number of pyridine rings is 1. The molecular weight excluding hydrogens is 372 g/mol. The second-order valence-electron chi connectivity index (χ2n) is 7.48. The number of fused-ring (bicyclic) bond motifs is 1. The van der Waals surface area contributed by atoms with Crippen molar-refractivity contribution in [2.45, 2.75) is 18.9 Å². The lowest BCUT2D eigenvalue weighted by atomic mass is 9.88. The Morgan fingerprint density at radius 1 is 0.933 bits per heavy atom. The molecule has 0 bridgehead atoms. The van der Waals surface area contributed by atoms with Gasteiger partial charge in [0.25, 0.3) is 5.91 Å². The average molecular weight is 394 g/mol. The van der Waals surface area contributed by atoms with E-state index in [0.717, 1.165) is 12.8 Å². The maximum atomic E-state index is 13.6. The van der Waals surface area contributed by atoms with Gasteiger partial charge in [-0.3, -0.25) is 4.79 Å². The summed E-state index contributed by atoms with van der Waals surface area (Å²) in [4.78, 5) is 20.1. The first kappa shape index (κ1) is 18.3. The number of carbonyl (C=O) groups is 1. The second-order valence-corrected chi connectivity index (χ2v) is 7.48. The van der Waals surface area contributed by atoms with E-state index in [2.05, 4.69) is 46.5 Å². The molecule has 5 nitrogen and oxygen atoms in total. The van der Waals surface area contributed by atoms with Crippen LogP contribution in [0.15, 0.2) is 91.3 Å². The second kappa shape index (κ2) is 7.95. The molecule has 0 aliphatic carbocycles. The number of nitrogens with zero attached hydrogens (tertiary/aromatic N) is 4. The van der Waals surface area contributed by atoms with E-state index in [1.165, 1.54) is 16.7 Å². The third kappa shape index (κ3) is 3.50. The molecule has 1 aliphatic heterocycles. The number of hydrogen-bond acceptors (Lipinski definition) is 3. The number of amides is 1.